The van der Waals surface area contributed by atoms with Crippen molar-refractivity contribution < 1.29 is 4.74 Å². The van der Waals surface area contributed by atoms with Crippen LogP contribution in [0.5, 0.6) is 0 Å². The molecule has 1 N–H and O–H groups in total. The van der Waals surface area contributed by atoms with E-state index in [0.717, 1.165) is 45.8 Å². The van der Waals surface area contributed by atoms with Crippen LogP contribution in [0.2, 0.25) is 0 Å². The van der Waals surface area contributed by atoms with E-state index in [4.69, 9.17) is 4.74 Å². The normalized spacial score (nSPS) is 17.4. The fourth-order valence-electron chi connectivity index (χ4n) is 2.81. The van der Waals surface area contributed by atoms with Crippen LogP contribution in [0.4, 0.5) is 0 Å². The lowest BCUT2D eigenvalue weighted by Crippen LogP contribution is -2.26. The average Bonchev–Trinajstić information content (AvgIpc) is 2.64. The van der Waals surface area contributed by atoms with Gasteiger partial charge in [0, 0.05) is 42.4 Å². The molecule has 108 valence electrons. The van der Waals surface area contributed by atoms with E-state index in [2.05, 4.69) is 34.5 Å². The van der Waals surface area contributed by atoms with Crippen molar-refractivity contribution in [3.05, 3.63) is 34.7 Å². The van der Waals surface area contributed by atoms with Crippen molar-refractivity contribution in [2.75, 3.05) is 33.4 Å². The summed E-state index contributed by atoms with van der Waals surface area (Å²) in [6, 6.07) is 8.77. The molecule has 1 aliphatic rings. The number of benzene rings is 1. The van der Waals surface area contributed by atoms with E-state index in [9.17, 15) is 0 Å². The Hall–Kier alpha value is -0.940. The molecular weight excluding hydrogens is 268 g/mol. The minimum absolute atomic E-state index is 0.865. The zero-order valence-electron chi connectivity index (χ0n) is 12.0. The van der Waals surface area contributed by atoms with Gasteiger partial charge in [0.25, 0.3) is 0 Å². The van der Waals surface area contributed by atoms with Crippen molar-refractivity contribution in [1.29, 1.82) is 0 Å². The maximum Gasteiger partial charge on any atom is 0.0593 e. The van der Waals surface area contributed by atoms with Crippen molar-refractivity contribution in [3.63, 3.8) is 0 Å². The van der Waals surface area contributed by atoms with Crippen LogP contribution < -0.4 is 5.32 Å². The van der Waals surface area contributed by atoms with Gasteiger partial charge in [0.2, 0.25) is 0 Å². The van der Waals surface area contributed by atoms with E-state index in [0.29, 0.717) is 0 Å². The standard InChI is InChI=1S/C16H22N2OS/c1-17-11-16-14(12-18-7-4-9-19-10-8-18)13-5-2-3-6-15(13)20-16/h2-3,5-6,17H,4,7-12H2,1H3. The molecule has 4 heteroatoms. The van der Waals surface area contributed by atoms with Gasteiger partial charge in [-0.25, -0.2) is 0 Å². The smallest absolute Gasteiger partial charge is 0.0593 e. The summed E-state index contributed by atoms with van der Waals surface area (Å²) in [6.07, 6.45) is 1.14. The Labute approximate surface area is 124 Å². The van der Waals surface area contributed by atoms with Gasteiger partial charge in [-0.2, -0.15) is 0 Å². The number of thiophene rings is 1. The molecule has 3 nitrogen and oxygen atoms in total. The zero-order chi connectivity index (χ0) is 13.8. The van der Waals surface area contributed by atoms with Crippen molar-refractivity contribution in [1.82, 2.24) is 10.2 Å². The van der Waals surface area contributed by atoms with E-state index in [1.165, 1.54) is 20.5 Å². The molecule has 0 amide bonds. The van der Waals surface area contributed by atoms with Crippen molar-refractivity contribution >= 4 is 21.4 Å². The van der Waals surface area contributed by atoms with E-state index >= 15 is 0 Å². The highest BCUT2D eigenvalue weighted by Gasteiger charge is 2.16. The van der Waals surface area contributed by atoms with Crippen LogP contribution in [0, 0.1) is 0 Å². The molecule has 1 saturated heterocycles. The Bertz CT molecular complexity index is 559. The number of fused-ring (bicyclic) bond motifs is 1. The molecule has 0 unspecified atom stereocenters. The molecule has 3 rings (SSSR count). The minimum Gasteiger partial charge on any atom is -0.380 e. The molecule has 0 saturated carbocycles. The molecule has 2 aromatic rings. The van der Waals surface area contributed by atoms with Gasteiger partial charge in [0.1, 0.15) is 0 Å². The molecule has 1 aliphatic heterocycles. The molecule has 1 aromatic heterocycles. The molecular formula is C16H22N2OS. The van der Waals surface area contributed by atoms with Crippen LogP contribution in [0.15, 0.2) is 24.3 Å². The van der Waals surface area contributed by atoms with E-state index in [1.54, 1.807) is 0 Å². The first-order valence-electron chi connectivity index (χ1n) is 7.32. The Kier molecular flexibility index (Phi) is 4.68. The predicted octanol–water partition coefficient (Wildman–Crippen LogP) is 2.84. The average molecular weight is 290 g/mol. The molecule has 2 heterocycles. The molecule has 0 bridgehead atoms. The lowest BCUT2D eigenvalue weighted by atomic mass is 10.1. The molecule has 0 spiro atoms. The van der Waals surface area contributed by atoms with Gasteiger partial charge in [-0.15, -0.1) is 11.3 Å². The summed E-state index contributed by atoms with van der Waals surface area (Å²) in [6.45, 7) is 5.96. The summed E-state index contributed by atoms with van der Waals surface area (Å²) in [5.74, 6) is 0. The van der Waals surface area contributed by atoms with Crippen LogP contribution in [0.3, 0.4) is 0 Å². The monoisotopic (exact) mass is 290 g/mol. The minimum atomic E-state index is 0.865. The number of nitrogens with one attached hydrogen (secondary N) is 1. The Balaban J connectivity index is 1.89. The van der Waals surface area contributed by atoms with Gasteiger partial charge in [0.05, 0.1) is 6.61 Å². The first kappa shape index (κ1) is 14.0. The van der Waals surface area contributed by atoms with E-state index in [-0.39, 0.29) is 0 Å². The summed E-state index contributed by atoms with van der Waals surface area (Å²) in [7, 11) is 2.02. The van der Waals surface area contributed by atoms with Gasteiger partial charge in [-0.3, -0.25) is 4.90 Å². The molecule has 20 heavy (non-hydrogen) atoms. The maximum atomic E-state index is 5.56. The van der Waals surface area contributed by atoms with Crippen LogP contribution in [-0.2, 0) is 17.8 Å². The second kappa shape index (κ2) is 6.68. The molecule has 1 aromatic carbocycles. The molecule has 0 radical (unpaired) electrons. The van der Waals surface area contributed by atoms with Crippen LogP contribution in [-0.4, -0.2) is 38.3 Å². The molecule has 0 aliphatic carbocycles. The highest BCUT2D eigenvalue weighted by molar-refractivity contribution is 7.19. The van der Waals surface area contributed by atoms with Crippen LogP contribution in [0.25, 0.3) is 10.1 Å². The van der Waals surface area contributed by atoms with E-state index in [1.807, 2.05) is 18.4 Å². The van der Waals surface area contributed by atoms with Crippen LogP contribution >= 0.6 is 11.3 Å². The van der Waals surface area contributed by atoms with Crippen molar-refractivity contribution in [2.45, 2.75) is 19.5 Å². The maximum absolute atomic E-state index is 5.56. The van der Waals surface area contributed by atoms with Crippen molar-refractivity contribution in [3.8, 4) is 0 Å². The van der Waals surface area contributed by atoms with E-state index < -0.39 is 0 Å². The Morgan fingerprint density at radius 1 is 1.25 bits per heavy atom. The number of nitrogens with zero attached hydrogens (tertiary/aromatic N) is 1. The van der Waals surface area contributed by atoms with Gasteiger partial charge < -0.3 is 10.1 Å². The second-order valence-corrected chi connectivity index (χ2v) is 6.41. The third-order valence-electron chi connectivity index (χ3n) is 3.82. The van der Waals surface area contributed by atoms with Gasteiger partial charge in [-0.05, 0) is 30.5 Å². The van der Waals surface area contributed by atoms with Crippen LogP contribution in [0.1, 0.15) is 16.9 Å². The zero-order valence-corrected chi connectivity index (χ0v) is 12.8. The SMILES string of the molecule is CNCc1sc2ccccc2c1CN1CCCOCC1. The second-order valence-electron chi connectivity index (χ2n) is 5.27. The largest absolute Gasteiger partial charge is 0.380 e. The Morgan fingerprint density at radius 3 is 3.05 bits per heavy atom. The predicted molar refractivity (Wildman–Crippen MR) is 85.3 cm³/mol. The summed E-state index contributed by atoms with van der Waals surface area (Å²) in [4.78, 5) is 4.00. The number of rotatable bonds is 4. The fraction of sp³-hybridized carbons (Fsp3) is 0.500. The number of hydrogen-bond acceptors (Lipinski definition) is 4. The molecule has 1 fully saturated rings. The quantitative estimate of drug-likeness (QED) is 0.937. The van der Waals surface area contributed by atoms with Gasteiger partial charge in [0.15, 0.2) is 0 Å². The third kappa shape index (κ3) is 3.04. The first-order valence-corrected chi connectivity index (χ1v) is 8.14. The summed E-state index contributed by atoms with van der Waals surface area (Å²) < 4.78 is 6.96. The third-order valence-corrected chi connectivity index (χ3v) is 5.03. The lowest BCUT2D eigenvalue weighted by molar-refractivity contribution is 0.140. The topological polar surface area (TPSA) is 24.5 Å². The highest BCUT2D eigenvalue weighted by atomic mass is 32.1. The summed E-state index contributed by atoms with van der Waals surface area (Å²) >= 11 is 1.92. The fourth-order valence-corrected chi connectivity index (χ4v) is 4.03. The molecule has 0 atom stereocenters. The van der Waals surface area contributed by atoms with Crippen molar-refractivity contribution in [2.24, 2.45) is 0 Å². The number of ether oxygens (including phenoxy) is 1. The Morgan fingerprint density at radius 2 is 2.15 bits per heavy atom. The first-order chi connectivity index (χ1) is 9.88. The summed E-state index contributed by atoms with van der Waals surface area (Å²) in [5.41, 5.74) is 1.50. The van der Waals surface area contributed by atoms with Gasteiger partial charge in [-0.1, -0.05) is 18.2 Å². The lowest BCUT2D eigenvalue weighted by Gasteiger charge is -2.19. The summed E-state index contributed by atoms with van der Waals surface area (Å²) in [5, 5.41) is 4.73. The highest BCUT2D eigenvalue weighted by Crippen LogP contribution is 2.32. The number of hydrogen-bond donors (Lipinski definition) is 1. The van der Waals surface area contributed by atoms with Gasteiger partial charge >= 0.3 is 0 Å².